The molecule has 1 aromatic heterocycles. The summed E-state index contributed by atoms with van der Waals surface area (Å²) < 4.78 is 32.8. The van der Waals surface area contributed by atoms with Crippen molar-refractivity contribution in [2.45, 2.75) is 17.6 Å². The van der Waals surface area contributed by atoms with Gasteiger partial charge in [-0.1, -0.05) is 30.7 Å². The van der Waals surface area contributed by atoms with Crippen molar-refractivity contribution >= 4 is 38.9 Å². The minimum atomic E-state index is -3.55. The van der Waals surface area contributed by atoms with Crippen molar-refractivity contribution in [1.29, 1.82) is 0 Å². The molecule has 0 N–H and O–H groups in total. The Hall–Kier alpha value is -1.61. The molecule has 1 aromatic carbocycles. The molecule has 0 saturated carbocycles. The minimum absolute atomic E-state index is 0.0568. The number of nitrogens with zero attached hydrogens (tertiary/aromatic N) is 2. The van der Waals surface area contributed by atoms with Crippen molar-refractivity contribution in [1.82, 2.24) is 9.21 Å². The molecule has 9 heteroatoms. The van der Waals surface area contributed by atoms with Gasteiger partial charge in [0.05, 0.1) is 4.34 Å². The lowest BCUT2D eigenvalue weighted by atomic mass is 10.2. The van der Waals surface area contributed by atoms with Crippen LogP contribution in [0.5, 0.6) is 5.75 Å². The van der Waals surface area contributed by atoms with Crippen LogP contribution in [0.2, 0.25) is 4.34 Å². The third kappa shape index (κ3) is 4.82. The lowest BCUT2D eigenvalue weighted by Crippen LogP contribution is -2.51. The summed E-state index contributed by atoms with van der Waals surface area (Å²) in [6.45, 7) is 3.22. The van der Waals surface area contributed by atoms with Crippen LogP contribution in [-0.4, -0.2) is 56.3 Å². The van der Waals surface area contributed by atoms with E-state index in [0.29, 0.717) is 23.2 Å². The van der Waals surface area contributed by atoms with Gasteiger partial charge in [-0.05, 0) is 36.2 Å². The molecule has 0 bridgehead atoms. The van der Waals surface area contributed by atoms with Gasteiger partial charge in [-0.25, -0.2) is 8.42 Å². The van der Waals surface area contributed by atoms with Gasteiger partial charge < -0.3 is 9.64 Å². The zero-order valence-corrected chi connectivity index (χ0v) is 17.3. The Bertz CT molecular complexity index is 888. The normalized spacial score (nSPS) is 15.7. The molecule has 1 fully saturated rings. The van der Waals surface area contributed by atoms with E-state index in [9.17, 15) is 13.2 Å². The number of thiophene rings is 1. The summed E-state index contributed by atoms with van der Waals surface area (Å²) in [4.78, 5) is 14.0. The summed E-state index contributed by atoms with van der Waals surface area (Å²) >= 11 is 6.88. The van der Waals surface area contributed by atoms with Crippen LogP contribution in [0.15, 0.2) is 40.6 Å². The molecule has 1 aliphatic heterocycles. The fraction of sp³-hybridized carbons (Fsp3) is 0.389. The van der Waals surface area contributed by atoms with Crippen molar-refractivity contribution in [3.05, 3.63) is 46.3 Å². The summed E-state index contributed by atoms with van der Waals surface area (Å²) in [5.74, 6) is 0.502. The fourth-order valence-corrected chi connectivity index (χ4v) is 5.86. The Labute approximate surface area is 168 Å². The first-order valence-corrected chi connectivity index (χ1v) is 11.3. The first-order valence-electron chi connectivity index (χ1n) is 8.65. The monoisotopic (exact) mass is 428 g/mol. The number of hydrogen-bond acceptors (Lipinski definition) is 5. The Morgan fingerprint density at radius 1 is 1.11 bits per heavy atom. The molecule has 6 nitrogen and oxygen atoms in total. The second-order valence-corrected chi connectivity index (χ2v) is 10.0. The first-order chi connectivity index (χ1) is 12.9. The summed E-state index contributed by atoms with van der Waals surface area (Å²) in [5, 5.41) is 0. The van der Waals surface area contributed by atoms with Gasteiger partial charge in [0.2, 0.25) is 0 Å². The van der Waals surface area contributed by atoms with Crippen LogP contribution in [0.4, 0.5) is 0 Å². The van der Waals surface area contributed by atoms with Crippen molar-refractivity contribution < 1.29 is 17.9 Å². The number of aryl methyl sites for hydroxylation is 1. The number of hydrogen-bond donors (Lipinski definition) is 0. The largest absolute Gasteiger partial charge is 0.484 e. The maximum Gasteiger partial charge on any atom is 0.260 e. The Morgan fingerprint density at radius 2 is 1.78 bits per heavy atom. The molecule has 1 saturated heterocycles. The van der Waals surface area contributed by atoms with Gasteiger partial charge in [-0.2, -0.15) is 4.31 Å². The molecule has 3 rings (SSSR count). The Morgan fingerprint density at radius 3 is 2.33 bits per heavy atom. The molecule has 0 atom stereocenters. The quantitative estimate of drug-likeness (QED) is 0.709. The van der Waals surface area contributed by atoms with Crippen LogP contribution in [-0.2, 0) is 21.2 Å². The number of ether oxygens (including phenoxy) is 1. The molecule has 146 valence electrons. The van der Waals surface area contributed by atoms with Crippen molar-refractivity contribution in [2.24, 2.45) is 0 Å². The number of sulfonamides is 1. The van der Waals surface area contributed by atoms with E-state index in [0.717, 1.165) is 17.8 Å². The summed E-state index contributed by atoms with van der Waals surface area (Å²) in [6, 6.07) is 10.7. The predicted molar refractivity (Wildman–Crippen MR) is 106 cm³/mol. The lowest BCUT2D eigenvalue weighted by molar-refractivity contribution is -0.134. The maximum absolute atomic E-state index is 12.6. The van der Waals surface area contributed by atoms with E-state index in [1.807, 2.05) is 24.3 Å². The molecular weight excluding hydrogens is 408 g/mol. The topological polar surface area (TPSA) is 66.9 Å². The average molecular weight is 429 g/mol. The molecule has 1 aliphatic rings. The first kappa shape index (κ1) is 20.1. The molecular formula is C18H21ClN2O4S2. The van der Waals surface area contributed by atoms with Crippen LogP contribution in [0, 0.1) is 0 Å². The highest BCUT2D eigenvalue weighted by molar-refractivity contribution is 7.91. The third-order valence-electron chi connectivity index (χ3n) is 4.43. The molecule has 0 aliphatic carbocycles. The average Bonchev–Trinajstić information content (AvgIpc) is 3.14. The van der Waals surface area contributed by atoms with E-state index in [4.69, 9.17) is 16.3 Å². The second kappa shape index (κ2) is 8.60. The van der Waals surface area contributed by atoms with E-state index in [1.165, 1.54) is 15.9 Å². The van der Waals surface area contributed by atoms with E-state index in [1.54, 1.807) is 11.0 Å². The van der Waals surface area contributed by atoms with Gasteiger partial charge in [-0.3, -0.25) is 4.79 Å². The van der Waals surface area contributed by atoms with Crippen molar-refractivity contribution in [3.63, 3.8) is 0 Å². The van der Waals surface area contributed by atoms with Gasteiger partial charge >= 0.3 is 0 Å². The van der Waals surface area contributed by atoms with Crippen LogP contribution < -0.4 is 4.74 Å². The SMILES string of the molecule is CCc1ccc(OCC(=O)N2CCN(S(=O)(=O)c3ccc(Cl)s3)CC2)cc1. The van der Waals surface area contributed by atoms with Crippen LogP contribution in [0.1, 0.15) is 12.5 Å². The fourth-order valence-electron chi connectivity index (χ4n) is 2.80. The highest BCUT2D eigenvalue weighted by Gasteiger charge is 2.31. The van der Waals surface area contributed by atoms with Gasteiger partial charge in [0, 0.05) is 26.2 Å². The number of benzene rings is 1. The number of rotatable bonds is 6. The van der Waals surface area contributed by atoms with Crippen LogP contribution in [0.25, 0.3) is 0 Å². The summed E-state index contributed by atoms with van der Waals surface area (Å²) in [5.41, 5.74) is 1.21. The van der Waals surface area contributed by atoms with Crippen molar-refractivity contribution in [3.8, 4) is 5.75 Å². The number of amides is 1. The second-order valence-electron chi connectivity index (χ2n) is 6.13. The number of carbonyl (C=O) groups is 1. The van der Waals surface area contributed by atoms with E-state index >= 15 is 0 Å². The lowest BCUT2D eigenvalue weighted by Gasteiger charge is -2.33. The highest BCUT2D eigenvalue weighted by atomic mass is 35.5. The van der Waals surface area contributed by atoms with E-state index < -0.39 is 10.0 Å². The maximum atomic E-state index is 12.6. The zero-order chi connectivity index (χ0) is 19.4. The van der Waals surface area contributed by atoms with Crippen LogP contribution in [0.3, 0.4) is 0 Å². The molecule has 1 amide bonds. The Kier molecular flexibility index (Phi) is 6.41. The predicted octanol–water partition coefficient (Wildman–Crippen LogP) is 2.88. The minimum Gasteiger partial charge on any atom is -0.484 e. The number of halogens is 1. The smallest absolute Gasteiger partial charge is 0.260 e. The van der Waals surface area contributed by atoms with Gasteiger partial charge in [-0.15, -0.1) is 11.3 Å². The molecule has 0 radical (unpaired) electrons. The number of piperazine rings is 1. The molecule has 27 heavy (non-hydrogen) atoms. The highest BCUT2D eigenvalue weighted by Crippen LogP contribution is 2.28. The molecule has 0 unspecified atom stereocenters. The zero-order valence-electron chi connectivity index (χ0n) is 14.9. The summed E-state index contributed by atoms with van der Waals surface area (Å²) in [6.07, 6.45) is 0.948. The molecule has 0 spiro atoms. The summed E-state index contributed by atoms with van der Waals surface area (Å²) in [7, 11) is -3.55. The number of carbonyl (C=O) groups excluding carboxylic acids is 1. The van der Waals surface area contributed by atoms with E-state index in [-0.39, 0.29) is 29.8 Å². The standard InChI is InChI=1S/C18H21ClN2O4S2/c1-2-14-3-5-15(6-4-14)25-13-17(22)20-9-11-21(12-10-20)27(23,24)18-8-7-16(19)26-18/h3-8H,2,9-13H2,1H3. The van der Waals surface area contributed by atoms with Gasteiger partial charge in [0.1, 0.15) is 9.96 Å². The molecule has 2 heterocycles. The third-order valence-corrected chi connectivity index (χ3v) is 8.03. The van der Waals surface area contributed by atoms with Crippen molar-refractivity contribution in [2.75, 3.05) is 32.8 Å². The molecule has 2 aromatic rings. The Balaban J connectivity index is 1.51. The van der Waals surface area contributed by atoms with Gasteiger partial charge in [0.25, 0.3) is 15.9 Å². The van der Waals surface area contributed by atoms with E-state index in [2.05, 4.69) is 6.92 Å². The van der Waals surface area contributed by atoms with Gasteiger partial charge in [0.15, 0.2) is 6.61 Å². The van der Waals surface area contributed by atoms with Crippen LogP contribution >= 0.6 is 22.9 Å².